The second kappa shape index (κ2) is 4.30. The quantitative estimate of drug-likeness (QED) is 0.702. The van der Waals surface area contributed by atoms with Gasteiger partial charge < -0.3 is 9.67 Å². The number of nitrogens with zero attached hydrogens (tertiary/aromatic N) is 1. The van der Waals surface area contributed by atoms with Crippen molar-refractivity contribution in [2.45, 2.75) is 6.18 Å². The molecule has 0 fully saturated rings. The molecular weight excluding hydrogens is 267 g/mol. The average molecular weight is 277 g/mol. The van der Waals surface area contributed by atoms with Crippen LogP contribution in [0.5, 0.6) is 5.75 Å². The van der Waals surface area contributed by atoms with E-state index in [1.54, 1.807) is 35.0 Å². The highest BCUT2D eigenvalue weighted by Crippen LogP contribution is 2.30. The van der Waals surface area contributed by atoms with Gasteiger partial charge in [-0.3, -0.25) is 0 Å². The molecule has 0 bridgehead atoms. The van der Waals surface area contributed by atoms with Crippen molar-refractivity contribution in [1.29, 1.82) is 0 Å². The Morgan fingerprint density at radius 1 is 0.900 bits per heavy atom. The van der Waals surface area contributed by atoms with Gasteiger partial charge in [0.1, 0.15) is 5.75 Å². The highest BCUT2D eigenvalue weighted by molar-refractivity contribution is 5.83. The third kappa shape index (κ3) is 2.11. The number of hydrogen-bond acceptors (Lipinski definition) is 1. The molecule has 0 radical (unpaired) electrons. The minimum atomic E-state index is -4.33. The lowest BCUT2D eigenvalue weighted by molar-refractivity contribution is -0.137. The van der Waals surface area contributed by atoms with Gasteiger partial charge in [-0.15, -0.1) is 0 Å². The van der Waals surface area contributed by atoms with Gasteiger partial charge in [-0.2, -0.15) is 13.2 Å². The molecule has 102 valence electrons. The molecule has 2 nitrogen and oxygen atoms in total. The van der Waals surface area contributed by atoms with E-state index in [4.69, 9.17) is 0 Å². The maximum absolute atomic E-state index is 12.5. The standard InChI is InChI=1S/C15H10F3NO/c16-15(17,18)11-1-3-12(4-2-11)19-8-7-10-9-13(20)5-6-14(10)19/h1-9,20H. The van der Waals surface area contributed by atoms with Gasteiger partial charge in [0.05, 0.1) is 11.1 Å². The van der Waals surface area contributed by atoms with Crippen LogP contribution in [-0.2, 0) is 6.18 Å². The molecule has 0 amide bonds. The number of benzene rings is 2. The average Bonchev–Trinajstić information content (AvgIpc) is 2.80. The fourth-order valence-corrected chi connectivity index (χ4v) is 2.17. The van der Waals surface area contributed by atoms with E-state index in [0.29, 0.717) is 5.69 Å². The Kier molecular flexibility index (Phi) is 2.71. The van der Waals surface area contributed by atoms with Crippen LogP contribution in [0, 0.1) is 0 Å². The first-order valence-corrected chi connectivity index (χ1v) is 5.93. The molecular formula is C15H10F3NO. The molecule has 0 aliphatic heterocycles. The molecule has 1 heterocycles. The Morgan fingerprint density at radius 2 is 1.60 bits per heavy atom. The van der Waals surface area contributed by atoms with Gasteiger partial charge >= 0.3 is 6.18 Å². The molecule has 0 aliphatic carbocycles. The van der Waals surface area contributed by atoms with Crippen LogP contribution in [0.4, 0.5) is 13.2 Å². The SMILES string of the molecule is Oc1ccc2c(ccn2-c2ccc(C(F)(F)F)cc2)c1. The zero-order valence-electron chi connectivity index (χ0n) is 10.2. The van der Waals surface area contributed by atoms with Crippen LogP contribution in [0.25, 0.3) is 16.6 Å². The van der Waals surface area contributed by atoms with Crippen molar-refractivity contribution in [2.75, 3.05) is 0 Å². The van der Waals surface area contributed by atoms with E-state index in [2.05, 4.69) is 0 Å². The molecule has 1 N–H and O–H groups in total. The summed E-state index contributed by atoms with van der Waals surface area (Å²) in [4.78, 5) is 0. The molecule has 0 aliphatic rings. The number of alkyl halides is 3. The number of phenols is 1. The summed E-state index contributed by atoms with van der Waals surface area (Å²) in [5, 5.41) is 10.2. The Bertz CT molecular complexity index is 757. The molecule has 20 heavy (non-hydrogen) atoms. The molecule has 0 atom stereocenters. The molecule has 1 aromatic heterocycles. The van der Waals surface area contributed by atoms with Crippen LogP contribution in [0.2, 0.25) is 0 Å². The molecule has 3 rings (SSSR count). The summed E-state index contributed by atoms with van der Waals surface area (Å²) in [5.41, 5.74) is 0.789. The summed E-state index contributed by atoms with van der Waals surface area (Å²) in [6.45, 7) is 0. The Balaban J connectivity index is 2.07. The van der Waals surface area contributed by atoms with Gasteiger partial charge in [0.15, 0.2) is 0 Å². The molecule has 0 unspecified atom stereocenters. The van der Waals surface area contributed by atoms with Crippen molar-refractivity contribution in [1.82, 2.24) is 4.57 Å². The second-order valence-electron chi connectivity index (χ2n) is 4.47. The van der Waals surface area contributed by atoms with Crippen molar-refractivity contribution < 1.29 is 18.3 Å². The van der Waals surface area contributed by atoms with Gasteiger partial charge in [0, 0.05) is 17.3 Å². The van der Waals surface area contributed by atoms with Crippen molar-refractivity contribution in [2.24, 2.45) is 0 Å². The number of halogens is 3. The van der Waals surface area contributed by atoms with E-state index in [-0.39, 0.29) is 5.75 Å². The second-order valence-corrected chi connectivity index (χ2v) is 4.47. The Hall–Kier alpha value is -2.43. The number of hydrogen-bond donors (Lipinski definition) is 1. The number of fused-ring (bicyclic) bond motifs is 1. The zero-order valence-corrected chi connectivity index (χ0v) is 10.2. The van der Waals surface area contributed by atoms with E-state index in [1.807, 2.05) is 0 Å². The number of aromatic nitrogens is 1. The summed E-state index contributed by atoms with van der Waals surface area (Å²) in [5.74, 6) is 0.155. The van der Waals surface area contributed by atoms with E-state index < -0.39 is 11.7 Å². The summed E-state index contributed by atoms with van der Waals surface area (Å²) >= 11 is 0. The van der Waals surface area contributed by atoms with E-state index >= 15 is 0 Å². The largest absolute Gasteiger partial charge is 0.508 e. The first-order valence-electron chi connectivity index (χ1n) is 5.93. The molecule has 0 spiro atoms. The van der Waals surface area contributed by atoms with Gasteiger partial charge in [0.2, 0.25) is 0 Å². The predicted octanol–water partition coefficient (Wildman–Crippen LogP) is 4.35. The molecule has 2 aromatic carbocycles. The lowest BCUT2D eigenvalue weighted by Gasteiger charge is -2.09. The lowest BCUT2D eigenvalue weighted by Crippen LogP contribution is -2.04. The maximum Gasteiger partial charge on any atom is 0.416 e. The highest BCUT2D eigenvalue weighted by Gasteiger charge is 2.29. The summed E-state index contributed by atoms with van der Waals surface area (Å²) in [7, 11) is 0. The minimum Gasteiger partial charge on any atom is -0.508 e. The third-order valence-corrected chi connectivity index (χ3v) is 3.15. The molecule has 0 saturated heterocycles. The van der Waals surface area contributed by atoms with Crippen molar-refractivity contribution in [3.05, 3.63) is 60.3 Å². The maximum atomic E-state index is 12.5. The molecule has 5 heteroatoms. The lowest BCUT2D eigenvalue weighted by atomic mass is 10.2. The predicted molar refractivity (Wildman–Crippen MR) is 69.9 cm³/mol. The first kappa shape index (κ1) is 12.6. The topological polar surface area (TPSA) is 25.2 Å². The summed E-state index contributed by atoms with van der Waals surface area (Å²) in [6.07, 6.45) is -2.57. The van der Waals surface area contributed by atoms with Gasteiger partial charge in [-0.1, -0.05) is 0 Å². The van der Waals surface area contributed by atoms with E-state index in [1.165, 1.54) is 12.1 Å². The number of phenolic OH excluding ortho intramolecular Hbond substituents is 1. The fraction of sp³-hybridized carbons (Fsp3) is 0.0667. The van der Waals surface area contributed by atoms with E-state index in [0.717, 1.165) is 23.0 Å². The molecule has 3 aromatic rings. The normalized spacial score (nSPS) is 11.9. The number of aromatic hydroxyl groups is 1. The van der Waals surface area contributed by atoms with Crippen LogP contribution in [0.1, 0.15) is 5.56 Å². The monoisotopic (exact) mass is 277 g/mol. The number of rotatable bonds is 1. The smallest absolute Gasteiger partial charge is 0.416 e. The van der Waals surface area contributed by atoms with Crippen molar-refractivity contribution in [3.63, 3.8) is 0 Å². The minimum absolute atomic E-state index is 0.155. The van der Waals surface area contributed by atoms with Crippen LogP contribution in [-0.4, -0.2) is 9.67 Å². The van der Waals surface area contributed by atoms with Crippen molar-refractivity contribution in [3.8, 4) is 11.4 Å². The highest BCUT2D eigenvalue weighted by atomic mass is 19.4. The van der Waals surface area contributed by atoms with Gasteiger partial charge in [-0.25, -0.2) is 0 Å². The zero-order chi connectivity index (χ0) is 14.3. The van der Waals surface area contributed by atoms with Gasteiger partial charge in [0.25, 0.3) is 0 Å². The Labute approximate surface area is 112 Å². The van der Waals surface area contributed by atoms with Crippen molar-refractivity contribution >= 4 is 10.9 Å². The van der Waals surface area contributed by atoms with Gasteiger partial charge in [-0.05, 0) is 48.5 Å². The Morgan fingerprint density at radius 3 is 2.25 bits per heavy atom. The summed E-state index contributed by atoms with van der Waals surface area (Å²) in [6, 6.07) is 11.6. The fourth-order valence-electron chi connectivity index (χ4n) is 2.17. The first-order chi connectivity index (χ1) is 9.45. The van der Waals surface area contributed by atoms with Crippen LogP contribution in [0.15, 0.2) is 54.7 Å². The van der Waals surface area contributed by atoms with Crippen LogP contribution < -0.4 is 0 Å². The molecule has 0 saturated carbocycles. The van der Waals surface area contributed by atoms with Crippen LogP contribution >= 0.6 is 0 Å². The van der Waals surface area contributed by atoms with E-state index in [9.17, 15) is 18.3 Å². The summed E-state index contributed by atoms with van der Waals surface area (Å²) < 4.78 is 39.3. The van der Waals surface area contributed by atoms with Crippen LogP contribution in [0.3, 0.4) is 0 Å². The third-order valence-electron chi connectivity index (χ3n) is 3.15.